The van der Waals surface area contributed by atoms with E-state index in [0.717, 1.165) is 22.3 Å². The van der Waals surface area contributed by atoms with E-state index in [2.05, 4.69) is 20.4 Å². The summed E-state index contributed by atoms with van der Waals surface area (Å²) in [7, 11) is 0. The van der Waals surface area contributed by atoms with Crippen molar-refractivity contribution in [2.24, 2.45) is 5.92 Å². The lowest BCUT2D eigenvalue weighted by atomic mass is 9.88. The van der Waals surface area contributed by atoms with Gasteiger partial charge >= 0.3 is 0 Å². The largest absolute Gasteiger partial charge is 0.207 e. The van der Waals surface area contributed by atoms with Crippen LogP contribution in [0, 0.1) is 18.7 Å². The highest BCUT2D eigenvalue weighted by Gasteiger charge is 2.14. The van der Waals surface area contributed by atoms with E-state index >= 15 is 0 Å². The number of rotatable bonds is 3. The Morgan fingerprint density at radius 3 is 2.47 bits per heavy atom. The Labute approximate surface area is 91.8 Å². The van der Waals surface area contributed by atoms with Crippen LogP contribution in [0.4, 0.5) is 4.39 Å². The van der Waals surface area contributed by atoms with Gasteiger partial charge in [0.2, 0.25) is 0 Å². The molecular formula is C14H19F. The SMILES string of the molecule is C=C(c1c(C)ccc(F)c1CC)C(C)C. The van der Waals surface area contributed by atoms with Crippen LogP contribution in [-0.4, -0.2) is 0 Å². The van der Waals surface area contributed by atoms with Crippen LogP contribution in [0.15, 0.2) is 18.7 Å². The zero-order valence-electron chi connectivity index (χ0n) is 10.0. The van der Waals surface area contributed by atoms with Crippen molar-refractivity contribution >= 4 is 5.57 Å². The first-order chi connectivity index (χ1) is 6.99. The van der Waals surface area contributed by atoms with E-state index in [1.165, 1.54) is 0 Å². The van der Waals surface area contributed by atoms with Gasteiger partial charge in [0.1, 0.15) is 5.82 Å². The van der Waals surface area contributed by atoms with Crippen LogP contribution in [0.2, 0.25) is 0 Å². The van der Waals surface area contributed by atoms with Crippen LogP contribution < -0.4 is 0 Å². The number of hydrogen-bond acceptors (Lipinski definition) is 0. The van der Waals surface area contributed by atoms with Gasteiger partial charge in [0.05, 0.1) is 0 Å². The van der Waals surface area contributed by atoms with Gasteiger partial charge in [-0.15, -0.1) is 0 Å². The maximum Gasteiger partial charge on any atom is 0.127 e. The average Bonchev–Trinajstić information content (AvgIpc) is 2.19. The Kier molecular flexibility index (Phi) is 3.67. The third kappa shape index (κ3) is 2.28. The van der Waals surface area contributed by atoms with Crippen LogP contribution in [0.25, 0.3) is 5.57 Å². The standard InChI is InChI=1S/C14H19F/c1-6-12-13(15)8-7-10(4)14(12)11(5)9(2)3/h7-9H,5-6H2,1-4H3. The van der Waals surface area contributed by atoms with E-state index in [1.807, 2.05) is 19.9 Å². The van der Waals surface area contributed by atoms with Crippen molar-refractivity contribution in [2.75, 3.05) is 0 Å². The van der Waals surface area contributed by atoms with Crippen LogP contribution in [0.5, 0.6) is 0 Å². The van der Waals surface area contributed by atoms with Crippen molar-refractivity contribution in [3.8, 4) is 0 Å². The molecule has 1 heteroatoms. The normalized spacial score (nSPS) is 10.8. The molecule has 0 N–H and O–H groups in total. The number of benzene rings is 1. The molecule has 1 rings (SSSR count). The van der Waals surface area contributed by atoms with Gasteiger partial charge in [0.25, 0.3) is 0 Å². The second kappa shape index (κ2) is 4.61. The van der Waals surface area contributed by atoms with E-state index in [-0.39, 0.29) is 5.82 Å². The van der Waals surface area contributed by atoms with Gasteiger partial charge in [-0.1, -0.05) is 33.4 Å². The summed E-state index contributed by atoms with van der Waals surface area (Å²) in [6.07, 6.45) is 0.717. The smallest absolute Gasteiger partial charge is 0.127 e. The molecule has 82 valence electrons. The molecule has 0 aliphatic carbocycles. The summed E-state index contributed by atoms with van der Waals surface area (Å²) >= 11 is 0. The molecule has 1 aromatic carbocycles. The van der Waals surface area contributed by atoms with Gasteiger partial charge < -0.3 is 0 Å². The molecule has 15 heavy (non-hydrogen) atoms. The molecule has 0 saturated carbocycles. The second-order valence-electron chi connectivity index (χ2n) is 4.25. The number of halogens is 1. The molecule has 0 heterocycles. The Morgan fingerprint density at radius 1 is 1.40 bits per heavy atom. The Balaban J connectivity index is 3.37. The summed E-state index contributed by atoms with van der Waals surface area (Å²) in [4.78, 5) is 0. The van der Waals surface area contributed by atoms with Crippen molar-refractivity contribution in [3.63, 3.8) is 0 Å². The molecular weight excluding hydrogens is 187 g/mol. The number of aryl methyl sites for hydroxylation is 1. The van der Waals surface area contributed by atoms with Crippen molar-refractivity contribution in [3.05, 3.63) is 41.2 Å². The first kappa shape index (κ1) is 12.0. The van der Waals surface area contributed by atoms with E-state index in [9.17, 15) is 4.39 Å². The van der Waals surface area contributed by atoms with Gasteiger partial charge in [-0.2, -0.15) is 0 Å². The summed E-state index contributed by atoms with van der Waals surface area (Å²) in [5.41, 5.74) is 3.97. The molecule has 1 aromatic rings. The maximum absolute atomic E-state index is 13.6. The lowest BCUT2D eigenvalue weighted by Gasteiger charge is -2.17. The third-order valence-corrected chi connectivity index (χ3v) is 2.84. The van der Waals surface area contributed by atoms with E-state index in [0.29, 0.717) is 12.3 Å². The number of hydrogen-bond donors (Lipinski definition) is 0. The van der Waals surface area contributed by atoms with Gasteiger partial charge in [-0.25, -0.2) is 4.39 Å². The van der Waals surface area contributed by atoms with Gasteiger partial charge in [0.15, 0.2) is 0 Å². The highest BCUT2D eigenvalue weighted by atomic mass is 19.1. The summed E-state index contributed by atoms with van der Waals surface area (Å²) in [6, 6.07) is 3.38. The Hall–Kier alpha value is -1.11. The third-order valence-electron chi connectivity index (χ3n) is 2.84. The first-order valence-electron chi connectivity index (χ1n) is 5.46. The highest BCUT2D eigenvalue weighted by Crippen LogP contribution is 2.29. The summed E-state index contributed by atoms with van der Waals surface area (Å²) in [5, 5.41) is 0. The molecule has 0 aliphatic rings. The minimum atomic E-state index is -0.111. The fourth-order valence-corrected chi connectivity index (χ4v) is 1.82. The quantitative estimate of drug-likeness (QED) is 0.689. The first-order valence-corrected chi connectivity index (χ1v) is 5.46. The minimum Gasteiger partial charge on any atom is -0.207 e. The molecule has 0 fully saturated rings. The lowest BCUT2D eigenvalue weighted by molar-refractivity contribution is 0.610. The fourth-order valence-electron chi connectivity index (χ4n) is 1.82. The van der Waals surface area contributed by atoms with Crippen LogP contribution in [0.1, 0.15) is 37.5 Å². The molecule has 0 unspecified atom stereocenters. The van der Waals surface area contributed by atoms with E-state index in [4.69, 9.17) is 0 Å². The monoisotopic (exact) mass is 206 g/mol. The van der Waals surface area contributed by atoms with Crippen LogP contribution in [-0.2, 0) is 6.42 Å². The van der Waals surface area contributed by atoms with Gasteiger partial charge in [-0.3, -0.25) is 0 Å². The van der Waals surface area contributed by atoms with Gasteiger partial charge in [0, 0.05) is 0 Å². The lowest BCUT2D eigenvalue weighted by Crippen LogP contribution is -2.02. The molecule has 0 aromatic heterocycles. The molecule has 0 bridgehead atoms. The zero-order valence-corrected chi connectivity index (χ0v) is 10.0. The molecule has 0 amide bonds. The van der Waals surface area contributed by atoms with Gasteiger partial charge in [-0.05, 0) is 47.6 Å². The van der Waals surface area contributed by atoms with Crippen LogP contribution in [0.3, 0.4) is 0 Å². The van der Waals surface area contributed by atoms with Crippen molar-refractivity contribution < 1.29 is 4.39 Å². The minimum absolute atomic E-state index is 0.111. The van der Waals surface area contributed by atoms with Crippen LogP contribution >= 0.6 is 0 Å². The number of allylic oxidation sites excluding steroid dienone is 1. The Morgan fingerprint density at radius 2 is 2.00 bits per heavy atom. The molecule has 0 atom stereocenters. The molecule has 0 aliphatic heterocycles. The highest BCUT2D eigenvalue weighted by molar-refractivity contribution is 5.70. The summed E-state index contributed by atoms with van der Waals surface area (Å²) in [5.74, 6) is 0.246. The predicted molar refractivity (Wildman–Crippen MR) is 64.4 cm³/mol. The van der Waals surface area contributed by atoms with Crippen molar-refractivity contribution in [1.82, 2.24) is 0 Å². The second-order valence-corrected chi connectivity index (χ2v) is 4.25. The van der Waals surface area contributed by atoms with E-state index in [1.54, 1.807) is 6.07 Å². The van der Waals surface area contributed by atoms with Crippen molar-refractivity contribution in [1.29, 1.82) is 0 Å². The fraction of sp³-hybridized carbons (Fsp3) is 0.429. The predicted octanol–water partition coefficient (Wildman–Crippen LogP) is 4.37. The average molecular weight is 206 g/mol. The van der Waals surface area contributed by atoms with E-state index < -0.39 is 0 Å². The molecule has 0 spiro atoms. The van der Waals surface area contributed by atoms with Crippen molar-refractivity contribution in [2.45, 2.75) is 34.1 Å². The molecule has 0 saturated heterocycles. The summed E-state index contributed by atoms with van der Waals surface area (Å²) < 4.78 is 13.6. The topological polar surface area (TPSA) is 0 Å². The Bertz CT molecular complexity index is 375. The summed E-state index contributed by atoms with van der Waals surface area (Å²) in [6.45, 7) is 12.2. The zero-order chi connectivity index (χ0) is 11.6. The molecule has 0 nitrogen and oxygen atoms in total. The molecule has 0 radical (unpaired) electrons. The maximum atomic E-state index is 13.6.